The van der Waals surface area contributed by atoms with Crippen molar-refractivity contribution < 1.29 is 0 Å². The Morgan fingerprint density at radius 2 is 2.12 bits per heavy atom. The molecule has 0 unspecified atom stereocenters. The maximum Gasteiger partial charge on any atom is 0.188 e. The highest BCUT2D eigenvalue weighted by molar-refractivity contribution is 14.0. The van der Waals surface area contributed by atoms with Crippen LogP contribution in [0.2, 0.25) is 0 Å². The van der Waals surface area contributed by atoms with E-state index < -0.39 is 0 Å². The van der Waals surface area contributed by atoms with Crippen LogP contribution in [0.4, 0.5) is 0 Å². The number of nitrogens with two attached hydrogens (primary N) is 1. The molecule has 0 radical (unpaired) electrons. The van der Waals surface area contributed by atoms with Gasteiger partial charge in [0, 0.05) is 19.3 Å². The Labute approximate surface area is 118 Å². The molecule has 0 aliphatic heterocycles. The lowest BCUT2D eigenvalue weighted by Gasteiger charge is -2.06. The molecule has 0 bridgehead atoms. The number of rotatable bonds is 4. The third-order valence-electron chi connectivity index (χ3n) is 2.02. The van der Waals surface area contributed by atoms with Crippen molar-refractivity contribution in [2.45, 2.75) is 12.3 Å². The molecule has 0 aromatic heterocycles. The lowest BCUT2D eigenvalue weighted by molar-refractivity contribution is 0.899. The van der Waals surface area contributed by atoms with Gasteiger partial charge in [0.05, 0.1) is 0 Å². The minimum Gasteiger partial charge on any atom is -0.370 e. The summed E-state index contributed by atoms with van der Waals surface area (Å²) in [4.78, 5) is 3.84. The maximum absolute atomic E-state index is 5.55. The van der Waals surface area contributed by atoms with Gasteiger partial charge in [-0.25, -0.2) is 0 Å². The molecule has 0 amide bonds. The van der Waals surface area contributed by atoms with Gasteiger partial charge in [-0.3, -0.25) is 4.99 Å². The molecular formula is C11H18IN3S. The fourth-order valence-electron chi connectivity index (χ4n) is 1.27. The Bertz CT molecular complexity index is 342. The number of hydrogen-bond acceptors (Lipinski definition) is 2. The first kappa shape index (κ1) is 15.6. The molecule has 5 heteroatoms. The van der Waals surface area contributed by atoms with Crippen LogP contribution in [-0.2, 0) is 12.3 Å². The second kappa shape index (κ2) is 8.69. The highest BCUT2D eigenvalue weighted by Gasteiger charge is 1.96. The molecular weight excluding hydrogens is 333 g/mol. The second-order valence-corrected chi connectivity index (χ2v) is 4.08. The predicted molar refractivity (Wildman–Crippen MR) is 83.5 cm³/mol. The lowest BCUT2D eigenvalue weighted by Crippen LogP contribution is -2.30. The molecule has 0 fully saturated rings. The molecule has 1 aromatic carbocycles. The minimum atomic E-state index is 0. The number of aliphatic imine (C=N–C) groups is 1. The summed E-state index contributed by atoms with van der Waals surface area (Å²) in [6.45, 7) is 0.728. The summed E-state index contributed by atoms with van der Waals surface area (Å²) in [6, 6.07) is 8.48. The first-order chi connectivity index (χ1) is 7.26. The van der Waals surface area contributed by atoms with Crippen molar-refractivity contribution in [3.05, 3.63) is 35.4 Å². The van der Waals surface area contributed by atoms with E-state index in [1.807, 2.05) is 11.8 Å². The number of nitrogens with zero attached hydrogens (tertiary/aromatic N) is 1. The molecule has 90 valence electrons. The standard InChI is InChI=1S/C11H17N3S.HI/c1-13-11(12)14-7-9-4-3-5-10(6-9)8-15-2;/h3-6H,7-8H2,1-2H3,(H3,12,13,14);1H. The SMILES string of the molecule is CN=C(N)NCc1cccc(CSC)c1.I. The van der Waals surface area contributed by atoms with Crippen LogP contribution in [0, 0.1) is 0 Å². The number of thioether (sulfide) groups is 1. The van der Waals surface area contributed by atoms with E-state index in [0.717, 1.165) is 12.3 Å². The third-order valence-corrected chi connectivity index (χ3v) is 2.64. The van der Waals surface area contributed by atoms with Gasteiger partial charge in [0.1, 0.15) is 0 Å². The highest BCUT2D eigenvalue weighted by atomic mass is 127. The van der Waals surface area contributed by atoms with Crippen molar-refractivity contribution in [3.63, 3.8) is 0 Å². The normalized spacial score (nSPS) is 10.8. The van der Waals surface area contributed by atoms with Crippen molar-refractivity contribution in [1.29, 1.82) is 0 Å². The van der Waals surface area contributed by atoms with Crippen molar-refractivity contribution in [2.24, 2.45) is 10.7 Å². The van der Waals surface area contributed by atoms with E-state index in [2.05, 4.69) is 40.8 Å². The second-order valence-electron chi connectivity index (χ2n) is 3.22. The average Bonchev–Trinajstić information content (AvgIpc) is 2.27. The zero-order valence-electron chi connectivity index (χ0n) is 9.56. The summed E-state index contributed by atoms with van der Waals surface area (Å²) in [5.41, 5.74) is 8.12. The Morgan fingerprint density at radius 3 is 2.75 bits per heavy atom. The molecule has 0 saturated heterocycles. The first-order valence-corrected chi connectivity index (χ1v) is 6.18. The fourth-order valence-corrected chi connectivity index (χ4v) is 1.78. The molecule has 16 heavy (non-hydrogen) atoms. The predicted octanol–water partition coefficient (Wildman–Crippen LogP) is 2.20. The fraction of sp³-hybridized carbons (Fsp3) is 0.364. The maximum atomic E-state index is 5.55. The molecule has 0 atom stereocenters. The van der Waals surface area contributed by atoms with Gasteiger partial charge in [0.15, 0.2) is 5.96 Å². The largest absolute Gasteiger partial charge is 0.370 e. The van der Waals surface area contributed by atoms with Crippen LogP contribution in [-0.4, -0.2) is 19.3 Å². The molecule has 0 spiro atoms. The van der Waals surface area contributed by atoms with Gasteiger partial charge >= 0.3 is 0 Å². The summed E-state index contributed by atoms with van der Waals surface area (Å²) in [6.07, 6.45) is 2.10. The molecule has 0 aliphatic carbocycles. The van der Waals surface area contributed by atoms with Gasteiger partial charge < -0.3 is 11.1 Å². The smallest absolute Gasteiger partial charge is 0.188 e. The summed E-state index contributed by atoms with van der Waals surface area (Å²) >= 11 is 1.82. The van der Waals surface area contributed by atoms with Crippen LogP contribution < -0.4 is 11.1 Å². The number of nitrogens with one attached hydrogen (secondary N) is 1. The lowest BCUT2D eigenvalue weighted by atomic mass is 10.1. The Balaban J connectivity index is 0.00000225. The van der Waals surface area contributed by atoms with Gasteiger partial charge in [-0.2, -0.15) is 11.8 Å². The monoisotopic (exact) mass is 351 g/mol. The van der Waals surface area contributed by atoms with Crippen molar-refractivity contribution in [3.8, 4) is 0 Å². The van der Waals surface area contributed by atoms with E-state index >= 15 is 0 Å². The van der Waals surface area contributed by atoms with Crippen LogP contribution in [0.5, 0.6) is 0 Å². The topological polar surface area (TPSA) is 50.4 Å². The molecule has 1 rings (SSSR count). The molecule has 0 heterocycles. The third kappa shape index (κ3) is 5.60. The van der Waals surface area contributed by atoms with E-state index in [-0.39, 0.29) is 24.0 Å². The van der Waals surface area contributed by atoms with Gasteiger partial charge in [-0.1, -0.05) is 24.3 Å². The van der Waals surface area contributed by atoms with Gasteiger partial charge in [-0.05, 0) is 17.4 Å². The van der Waals surface area contributed by atoms with Crippen molar-refractivity contribution >= 4 is 41.7 Å². The van der Waals surface area contributed by atoms with Crippen molar-refractivity contribution in [1.82, 2.24) is 5.32 Å². The Hall–Kier alpha value is -0.430. The molecule has 0 saturated carbocycles. The van der Waals surface area contributed by atoms with Crippen LogP contribution in [0.1, 0.15) is 11.1 Å². The number of halogens is 1. The molecule has 1 aromatic rings. The average molecular weight is 351 g/mol. The summed E-state index contributed by atoms with van der Waals surface area (Å²) < 4.78 is 0. The van der Waals surface area contributed by atoms with Crippen LogP contribution >= 0.6 is 35.7 Å². The van der Waals surface area contributed by atoms with Gasteiger partial charge in [-0.15, -0.1) is 24.0 Å². The number of benzene rings is 1. The Kier molecular flexibility index (Phi) is 8.46. The highest BCUT2D eigenvalue weighted by Crippen LogP contribution is 2.11. The zero-order chi connectivity index (χ0) is 11.1. The quantitative estimate of drug-likeness (QED) is 0.497. The Morgan fingerprint density at radius 1 is 1.44 bits per heavy atom. The van der Waals surface area contributed by atoms with Crippen LogP contribution in [0.15, 0.2) is 29.3 Å². The first-order valence-electron chi connectivity index (χ1n) is 4.79. The number of hydrogen-bond donors (Lipinski definition) is 2. The molecule has 3 N–H and O–H groups in total. The number of guanidine groups is 1. The van der Waals surface area contributed by atoms with Gasteiger partial charge in [0.2, 0.25) is 0 Å². The van der Waals surface area contributed by atoms with E-state index in [1.54, 1.807) is 7.05 Å². The zero-order valence-corrected chi connectivity index (χ0v) is 12.7. The van der Waals surface area contributed by atoms with E-state index in [9.17, 15) is 0 Å². The van der Waals surface area contributed by atoms with E-state index in [1.165, 1.54) is 11.1 Å². The van der Waals surface area contributed by atoms with Crippen LogP contribution in [0.25, 0.3) is 0 Å². The summed E-state index contributed by atoms with van der Waals surface area (Å²) in [5.74, 6) is 1.52. The van der Waals surface area contributed by atoms with Gasteiger partial charge in [0.25, 0.3) is 0 Å². The summed E-state index contributed by atoms with van der Waals surface area (Å²) in [5, 5.41) is 3.04. The van der Waals surface area contributed by atoms with E-state index in [4.69, 9.17) is 5.73 Å². The molecule has 0 aliphatic rings. The summed E-state index contributed by atoms with van der Waals surface area (Å²) in [7, 11) is 1.67. The molecule has 3 nitrogen and oxygen atoms in total. The van der Waals surface area contributed by atoms with Crippen LogP contribution in [0.3, 0.4) is 0 Å². The van der Waals surface area contributed by atoms with Crippen molar-refractivity contribution in [2.75, 3.05) is 13.3 Å². The minimum absolute atomic E-state index is 0. The van der Waals surface area contributed by atoms with E-state index in [0.29, 0.717) is 5.96 Å².